The summed E-state index contributed by atoms with van der Waals surface area (Å²) in [5.41, 5.74) is 1.53. The lowest BCUT2D eigenvalue weighted by molar-refractivity contribution is 0.0281. The molecule has 0 aliphatic rings. The van der Waals surface area contributed by atoms with Crippen LogP contribution in [0.15, 0.2) is 30.3 Å². The number of amides is 3. The van der Waals surface area contributed by atoms with Crippen molar-refractivity contribution in [3.8, 4) is 0 Å². The molecule has 0 bridgehead atoms. The summed E-state index contributed by atoms with van der Waals surface area (Å²) in [5.74, 6) is -0.728. The quantitative estimate of drug-likeness (QED) is 0.803. The van der Waals surface area contributed by atoms with Crippen molar-refractivity contribution in [1.29, 1.82) is 0 Å². The molecule has 7 heteroatoms. The average molecular weight is 294 g/mol. The van der Waals surface area contributed by atoms with Crippen LogP contribution in [0.2, 0.25) is 0 Å². The molecule has 0 spiro atoms. The van der Waals surface area contributed by atoms with E-state index in [1.807, 2.05) is 0 Å². The highest BCUT2D eigenvalue weighted by atomic mass is 16.6. The molecule has 1 aromatic rings. The number of hydrogen-bond acceptors (Lipinski definition) is 5. The predicted octanol–water partition coefficient (Wildman–Crippen LogP) is 2.33. The molecule has 114 valence electrons. The van der Waals surface area contributed by atoms with Gasteiger partial charge in [-0.3, -0.25) is 4.79 Å². The Morgan fingerprint density at radius 2 is 1.67 bits per heavy atom. The zero-order chi connectivity index (χ0) is 16.0. The molecule has 0 unspecified atom stereocenters. The number of imide groups is 1. The van der Waals surface area contributed by atoms with Crippen molar-refractivity contribution >= 4 is 18.1 Å². The Morgan fingerprint density at radius 1 is 1.10 bits per heavy atom. The Labute approximate surface area is 122 Å². The number of benzene rings is 1. The van der Waals surface area contributed by atoms with Crippen LogP contribution in [0.25, 0.3) is 0 Å². The van der Waals surface area contributed by atoms with E-state index >= 15 is 0 Å². The summed E-state index contributed by atoms with van der Waals surface area (Å²) in [4.78, 5) is 35.5. The number of methoxy groups -OCH3 is 1. The lowest BCUT2D eigenvalue weighted by Crippen LogP contribution is -2.51. The number of ether oxygens (including phenoxy) is 2. The third-order valence-corrected chi connectivity index (χ3v) is 2.18. The van der Waals surface area contributed by atoms with Crippen LogP contribution >= 0.6 is 0 Å². The summed E-state index contributed by atoms with van der Waals surface area (Å²) < 4.78 is 9.48. The maximum Gasteiger partial charge on any atom is 0.436 e. The molecule has 1 aromatic carbocycles. The normalized spacial score (nSPS) is 10.5. The van der Waals surface area contributed by atoms with Crippen LogP contribution in [-0.2, 0) is 9.47 Å². The minimum atomic E-state index is -1.02. The first-order valence-corrected chi connectivity index (χ1v) is 6.21. The third-order valence-electron chi connectivity index (χ3n) is 2.18. The molecule has 1 N–H and O–H groups in total. The summed E-state index contributed by atoms with van der Waals surface area (Å²) in [6.07, 6.45) is -1.95. The number of hydrogen-bond donors (Lipinski definition) is 1. The van der Waals surface area contributed by atoms with Crippen molar-refractivity contribution in [3.05, 3.63) is 35.9 Å². The van der Waals surface area contributed by atoms with E-state index in [1.165, 1.54) is 12.1 Å². The molecular formula is C14H18N2O5. The van der Waals surface area contributed by atoms with Gasteiger partial charge in [0.1, 0.15) is 5.60 Å². The minimum Gasteiger partial charge on any atom is -0.451 e. The molecule has 0 heterocycles. The first kappa shape index (κ1) is 16.5. The predicted molar refractivity (Wildman–Crippen MR) is 74.4 cm³/mol. The van der Waals surface area contributed by atoms with Crippen LogP contribution in [0, 0.1) is 0 Å². The van der Waals surface area contributed by atoms with E-state index in [9.17, 15) is 14.4 Å². The zero-order valence-electron chi connectivity index (χ0n) is 12.4. The maximum atomic E-state index is 12.2. The summed E-state index contributed by atoms with van der Waals surface area (Å²) in [6, 6.07) is 8.01. The van der Waals surface area contributed by atoms with Crippen molar-refractivity contribution in [3.63, 3.8) is 0 Å². The first-order valence-electron chi connectivity index (χ1n) is 6.21. The Hall–Kier alpha value is -2.57. The van der Waals surface area contributed by atoms with Crippen molar-refractivity contribution in [1.82, 2.24) is 10.4 Å². The molecular weight excluding hydrogens is 276 g/mol. The molecule has 0 aliphatic carbocycles. The molecule has 7 nitrogen and oxygen atoms in total. The van der Waals surface area contributed by atoms with Gasteiger partial charge in [0.25, 0.3) is 5.91 Å². The van der Waals surface area contributed by atoms with E-state index in [4.69, 9.17) is 4.74 Å². The molecule has 0 atom stereocenters. The topological polar surface area (TPSA) is 84.9 Å². The SMILES string of the molecule is COC(=O)N(NC(=O)OC(C)(C)C)C(=O)c1ccccc1. The largest absolute Gasteiger partial charge is 0.451 e. The minimum absolute atomic E-state index is 0.221. The zero-order valence-corrected chi connectivity index (χ0v) is 12.4. The molecule has 0 fully saturated rings. The van der Waals surface area contributed by atoms with E-state index in [0.717, 1.165) is 7.11 Å². The average Bonchev–Trinajstić information content (AvgIpc) is 2.42. The van der Waals surface area contributed by atoms with Crippen LogP contribution in [0.5, 0.6) is 0 Å². The van der Waals surface area contributed by atoms with Gasteiger partial charge in [-0.15, -0.1) is 5.01 Å². The molecule has 0 saturated carbocycles. The highest BCUT2D eigenvalue weighted by Crippen LogP contribution is 2.08. The van der Waals surface area contributed by atoms with Crippen LogP contribution in [0.1, 0.15) is 31.1 Å². The second-order valence-corrected chi connectivity index (χ2v) is 5.09. The maximum absolute atomic E-state index is 12.2. The third kappa shape index (κ3) is 5.13. The number of carbonyl (C=O) groups excluding carboxylic acids is 3. The smallest absolute Gasteiger partial charge is 0.436 e. The summed E-state index contributed by atoms with van der Waals surface area (Å²) in [7, 11) is 1.10. The van der Waals surface area contributed by atoms with Crippen LogP contribution in [0.4, 0.5) is 9.59 Å². The molecule has 0 aromatic heterocycles. The van der Waals surface area contributed by atoms with Gasteiger partial charge in [-0.2, -0.15) is 0 Å². The number of nitrogens with one attached hydrogen (secondary N) is 1. The van der Waals surface area contributed by atoms with Crippen molar-refractivity contribution in [2.75, 3.05) is 7.11 Å². The van der Waals surface area contributed by atoms with Gasteiger partial charge in [0.15, 0.2) is 0 Å². The van der Waals surface area contributed by atoms with Crippen molar-refractivity contribution in [2.24, 2.45) is 0 Å². The monoisotopic (exact) mass is 294 g/mol. The number of nitrogens with zero attached hydrogens (tertiary/aromatic N) is 1. The van der Waals surface area contributed by atoms with Gasteiger partial charge < -0.3 is 9.47 Å². The highest BCUT2D eigenvalue weighted by Gasteiger charge is 2.28. The number of rotatable bonds is 1. The van der Waals surface area contributed by atoms with Gasteiger partial charge in [0, 0.05) is 5.56 Å². The van der Waals surface area contributed by atoms with Crippen LogP contribution in [-0.4, -0.2) is 35.8 Å². The summed E-state index contributed by atoms with van der Waals surface area (Å²) in [5, 5.41) is 0.462. The fraction of sp³-hybridized carbons (Fsp3) is 0.357. The first-order chi connectivity index (χ1) is 9.74. The van der Waals surface area contributed by atoms with Crippen LogP contribution < -0.4 is 5.43 Å². The van der Waals surface area contributed by atoms with E-state index < -0.39 is 23.7 Å². The fourth-order valence-corrected chi connectivity index (χ4v) is 1.37. The van der Waals surface area contributed by atoms with Gasteiger partial charge in [0.05, 0.1) is 7.11 Å². The number of hydrazine groups is 1. The van der Waals surface area contributed by atoms with E-state index in [2.05, 4.69) is 10.2 Å². The lowest BCUT2D eigenvalue weighted by atomic mass is 10.2. The van der Waals surface area contributed by atoms with E-state index in [0.29, 0.717) is 5.01 Å². The van der Waals surface area contributed by atoms with Gasteiger partial charge in [-0.25, -0.2) is 15.0 Å². The molecule has 0 saturated heterocycles. The van der Waals surface area contributed by atoms with Crippen LogP contribution in [0.3, 0.4) is 0 Å². The molecule has 0 radical (unpaired) electrons. The van der Waals surface area contributed by atoms with Gasteiger partial charge in [0.2, 0.25) is 0 Å². The van der Waals surface area contributed by atoms with Crippen molar-refractivity contribution < 1.29 is 23.9 Å². The van der Waals surface area contributed by atoms with E-state index in [1.54, 1.807) is 39.0 Å². The standard InChI is InChI=1S/C14H18N2O5/c1-14(2,3)21-12(18)15-16(13(19)20-4)11(17)10-8-6-5-7-9-10/h5-9H,1-4H3,(H,15,18). The Kier molecular flexibility index (Phi) is 5.29. The van der Waals surface area contributed by atoms with Gasteiger partial charge in [-0.05, 0) is 32.9 Å². The summed E-state index contributed by atoms with van der Waals surface area (Å²) in [6.45, 7) is 4.98. The van der Waals surface area contributed by atoms with Gasteiger partial charge in [-0.1, -0.05) is 18.2 Å². The lowest BCUT2D eigenvalue weighted by Gasteiger charge is -2.24. The number of carbonyl (C=O) groups is 3. The Balaban J connectivity index is 2.89. The Morgan fingerprint density at radius 3 is 2.14 bits per heavy atom. The second kappa shape index (κ2) is 6.74. The fourth-order valence-electron chi connectivity index (χ4n) is 1.37. The molecule has 3 amide bonds. The van der Waals surface area contributed by atoms with E-state index in [-0.39, 0.29) is 5.56 Å². The highest BCUT2D eigenvalue weighted by molar-refractivity contribution is 6.03. The van der Waals surface area contributed by atoms with Gasteiger partial charge >= 0.3 is 12.2 Å². The molecule has 0 aliphatic heterocycles. The Bertz CT molecular complexity index is 522. The molecule has 1 rings (SSSR count). The summed E-state index contributed by atoms with van der Waals surface area (Å²) >= 11 is 0. The second-order valence-electron chi connectivity index (χ2n) is 5.09. The molecule has 21 heavy (non-hydrogen) atoms. The van der Waals surface area contributed by atoms with Crippen molar-refractivity contribution in [2.45, 2.75) is 26.4 Å².